The number of hydrogen-bond donors (Lipinski definition) is 1. The highest BCUT2D eigenvalue weighted by Gasteiger charge is 2.51. The molecule has 0 aromatic carbocycles. The van der Waals surface area contributed by atoms with Crippen molar-refractivity contribution < 1.29 is 0 Å². The van der Waals surface area contributed by atoms with Crippen LogP contribution < -0.4 is 5.32 Å². The highest BCUT2D eigenvalue weighted by molar-refractivity contribution is 5.09. The summed E-state index contributed by atoms with van der Waals surface area (Å²) >= 11 is 0. The van der Waals surface area contributed by atoms with Gasteiger partial charge in [-0.2, -0.15) is 5.26 Å². The summed E-state index contributed by atoms with van der Waals surface area (Å²) in [6.45, 7) is 2.11. The molecule has 16 heavy (non-hydrogen) atoms. The zero-order valence-electron chi connectivity index (χ0n) is 10.2. The Bertz CT molecular complexity index is 280. The predicted octanol–water partition coefficient (Wildman–Crippen LogP) is 2.85. The van der Waals surface area contributed by atoms with Crippen LogP contribution in [0, 0.1) is 29.1 Å². The molecule has 4 aliphatic carbocycles. The first-order valence-electron chi connectivity index (χ1n) is 6.90. The second-order valence-electron chi connectivity index (χ2n) is 6.43. The lowest BCUT2D eigenvalue weighted by Gasteiger charge is -2.57. The maximum Gasteiger partial charge on any atom is 0.0954 e. The van der Waals surface area contributed by atoms with Gasteiger partial charge >= 0.3 is 0 Å². The second-order valence-corrected chi connectivity index (χ2v) is 6.43. The number of rotatable bonds is 3. The fraction of sp³-hybridized carbons (Fsp3) is 0.929. The van der Waals surface area contributed by atoms with Gasteiger partial charge in [-0.05, 0) is 62.7 Å². The van der Waals surface area contributed by atoms with Crippen molar-refractivity contribution in [3.63, 3.8) is 0 Å². The topological polar surface area (TPSA) is 35.8 Å². The molecule has 0 saturated heterocycles. The third-order valence-electron chi connectivity index (χ3n) is 5.08. The largest absolute Gasteiger partial charge is 0.296 e. The van der Waals surface area contributed by atoms with E-state index in [2.05, 4.69) is 18.3 Å². The molecule has 0 amide bonds. The second kappa shape index (κ2) is 3.74. The Hall–Kier alpha value is -0.550. The van der Waals surface area contributed by atoms with E-state index in [-0.39, 0.29) is 6.04 Å². The summed E-state index contributed by atoms with van der Waals surface area (Å²) in [5, 5.41) is 12.8. The van der Waals surface area contributed by atoms with Crippen LogP contribution in [0.2, 0.25) is 0 Å². The van der Waals surface area contributed by atoms with Gasteiger partial charge < -0.3 is 0 Å². The Balaban J connectivity index is 1.76. The lowest BCUT2D eigenvalue weighted by atomic mass is 9.53. The third-order valence-corrected chi connectivity index (χ3v) is 5.08. The van der Waals surface area contributed by atoms with Crippen molar-refractivity contribution >= 4 is 0 Å². The molecule has 0 radical (unpaired) electrons. The molecule has 88 valence electrons. The van der Waals surface area contributed by atoms with Crippen LogP contribution in [0.5, 0.6) is 0 Å². The van der Waals surface area contributed by atoms with Crippen molar-refractivity contribution in [1.82, 2.24) is 5.32 Å². The van der Waals surface area contributed by atoms with Gasteiger partial charge in [0, 0.05) is 5.54 Å². The average Bonchev–Trinajstić information content (AvgIpc) is 2.24. The molecule has 1 atom stereocenters. The molecule has 0 spiro atoms. The minimum Gasteiger partial charge on any atom is -0.296 e. The molecule has 4 aliphatic rings. The van der Waals surface area contributed by atoms with Gasteiger partial charge in [-0.1, -0.05) is 6.92 Å². The highest BCUT2D eigenvalue weighted by atomic mass is 15.0. The van der Waals surface area contributed by atoms with E-state index in [1.54, 1.807) is 0 Å². The standard InChI is InChI=1S/C14H22N2/c1-2-13(9-15)16-14-6-10-3-11(7-14)5-12(4-10)8-14/h10-13,16H,2-8H2,1H3. The normalized spacial score (nSPS) is 46.6. The number of nitrogens with one attached hydrogen (secondary N) is 1. The van der Waals surface area contributed by atoms with Crippen LogP contribution in [0.4, 0.5) is 0 Å². The number of hydrogen-bond acceptors (Lipinski definition) is 2. The maximum absolute atomic E-state index is 9.12. The quantitative estimate of drug-likeness (QED) is 0.790. The number of nitriles is 1. The SMILES string of the molecule is CCC(C#N)NC12CC3CC(CC(C3)C1)C2. The first kappa shape index (κ1) is 10.6. The molecule has 0 aliphatic heterocycles. The van der Waals surface area contributed by atoms with Crippen LogP contribution in [-0.4, -0.2) is 11.6 Å². The third kappa shape index (κ3) is 1.66. The summed E-state index contributed by atoms with van der Waals surface area (Å²) in [6.07, 6.45) is 9.41. The molecule has 4 rings (SSSR count). The molecule has 4 saturated carbocycles. The van der Waals surface area contributed by atoms with Gasteiger partial charge in [-0.25, -0.2) is 0 Å². The van der Waals surface area contributed by atoms with E-state index in [0.717, 1.165) is 24.2 Å². The van der Waals surface area contributed by atoms with Crippen molar-refractivity contribution in [2.75, 3.05) is 0 Å². The molecular weight excluding hydrogens is 196 g/mol. The Morgan fingerprint density at radius 1 is 1.19 bits per heavy atom. The van der Waals surface area contributed by atoms with Gasteiger partial charge in [0.05, 0.1) is 12.1 Å². The summed E-state index contributed by atoms with van der Waals surface area (Å²) in [7, 11) is 0. The molecular formula is C14H22N2. The van der Waals surface area contributed by atoms with Crippen LogP contribution in [0.15, 0.2) is 0 Å². The van der Waals surface area contributed by atoms with E-state index >= 15 is 0 Å². The van der Waals surface area contributed by atoms with Gasteiger partial charge in [0.2, 0.25) is 0 Å². The molecule has 0 aromatic heterocycles. The summed E-state index contributed by atoms with van der Waals surface area (Å²) in [5.74, 6) is 2.90. The van der Waals surface area contributed by atoms with E-state index in [4.69, 9.17) is 5.26 Å². The van der Waals surface area contributed by atoms with Crippen LogP contribution in [0.3, 0.4) is 0 Å². The summed E-state index contributed by atoms with van der Waals surface area (Å²) in [4.78, 5) is 0. The van der Waals surface area contributed by atoms with Crippen molar-refractivity contribution in [1.29, 1.82) is 5.26 Å². The summed E-state index contributed by atoms with van der Waals surface area (Å²) in [5.41, 5.74) is 0.352. The van der Waals surface area contributed by atoms with Crippen molar-refractivity contribution in [2.45, 2.75) is 63.5 Å². The van der Waals surface area contributed by atoms with Crippen molar-refractivity contribution in [2.24, 2.45) is 17.8 Å². The van der Waals surface area contributed by atoms with Gasteiger partial charge in [-0.15, -0.1) is 0 Å². The predicted molar refractivity (Wildman–Crippen MR) is 63.7 cm³/mol. The van der Waals surface area contributed by atoms with Gasteiger partial charge in [-0.3, -0.25) is 5.32 Å². The molecule has 0 heterocycles. The minimum absolute atomic E-state index is 0.0799. The van der Waals surface area contributed by atoms with Gasteiger partial charge in [0.15, 0.2) is 0 Å². The molecule has 4 fully saturated rings. The Kier molecular flexibility index (Phi) is 2.47. The van der Waals surface area contributed by atoms with Crippen molar-refractivity contribution in [3.05, 3.63) is 0 Å². The van der Waals surface area contributed by atoms with Crippen LogP contribution in [0.25, 0.3) is 0 Å². The lowest BCUT2D eigenvalue weighted by Crippen LogP contribution is -2.60. The molecule has 0 aromatic rings. The maximum atomic E-state index is 9.12. The van der Waals surface area contributed by atoms with Gasteiger partial charge in [0.25, 0.3) is 0 Å². The van der Waals surface area contributed by atoms with E-state index in [9.17, 15) is 0 Å². The molecule has 2 heteroatoms. The molecule has 1 unspecified atom stereocenters. The zero-order chi connectivity index (χ0) is 11.2. The Labute approximate surface area is 98.4 Å². The van der Waals surface area contributed by atoms with Crippen molar-refractivity contribution in [3.8, 4) is 6.07 Å². The molecule has 1 N–H and O–H groups in total. The van der Waals surface area contributed by atoms with Gasteiger partial charge in [0.1, 0.15) is 0 Å². The van der Waals surface area contributed by atoms with Crippen LogP contribution in [0.1, 0.15) is 51.9 Å². The minimum atomic E-state index is 0.0799. The first-order chi connectivity index (χ1) is 7.73. The van der Waals surface area contributed by atoms with E-state index in [0.29, 0.717) is 5.54 Å². The summed E-state index contributed by atoms with van der Waals surface area (Å²) < 4.78 is 0. The first-order valence-corrected chi connectivity index (χ1v) is 6.90. The fourth-order valence-corrected chi connectivity index (χ4v) is 4.88. The Morgan fingerprint density at radius 3 is 2.06 bits per heavy atom. The highest BCUT2D eigenvalue weighted by Crippen LogP contribution is 2.55. The smallest absolute Gasteiger partial charge is 0.0954 e. The zero-order valence-corrected chi connectivity index (χ0v) is 10.2. The Morgan fingerprint density at radius 2 is 1.69 bits per heavy atom. The summed E-state index contributed by atoms with van der Waals surface area (Å²) in [6, 6.07) is 2.50. The lowest BCUT2D eigenvalue weighted by molar-refractivity contribution is -0.0226. The monoisotopic (exact) mass is 218 g/mol. The van der Waals surface area contributed by atoms with E-state index in [1.165, 1.54) is 38.5 Å². The number of nitrogens with zero attached hydrogens (tertiary/aromatic N) is 1. The molecule has 2 nitrogen and oxygen atoms in total. The van der Waals surface area contributed by atoms with E-state index in [1.807, 2.05) is 0 Å². The average molecular weight is 218 g/mol. The fourth-order valence-electron chi connectivity index (χ4n) is 4.88. The van der Waals surface area contributed by atoms with Crippen LogP contribution >= 0.6 is 0 Å². The molecule has 4 bridgehead atoms. The van der Waals surface area contributed by atoms with Crippen LogP contribution in [-0.2, 0) is 0 Å². The van der Waals surface area contributed by atoms with E-state index < -0.39 is 0 Å².